The van der Waals surface area contributed by atoms with E-state index in [9.17, 15) is 0 Å². The fourth-order valence-electron chi connectivity index (χ4n) is 1.76. The summed E-state index contributed by atoms with van der Waals surface area (Å²) in [4.78, 5) is 0. The Kier molecular flexibility index (Phi) is 7.75. The lowest BCUT2D eigenvalue weighted by Gasteiger charge is -2.14. The van der Waals surface area contributed by atoms with E-state index in [4.69, 9.17) is 15.2 Å². The summed E-state index contributed by atoms with van der Waals surface area (Å²) in [6.45, 7) is 4.96. The third-order valence-corrected chi connectivity index (χ3v) is 3.80. The summed E-state index contributed by atoms with van der Waals surface area (Å²) in [5.41, 5.74) is 7.19. The molecule has 0 spiro atoms. The average Bonchev–Trinajstić information content (AvgIpc) is 2.43. The van der Waals surface area contributed by atoms with Gasteiger partial charge in [-0.05, 0) is 36.3 Å². The van der Waals surface area contributed by atoms with E-state index in [1.54, 1.807) is 7.11 Å². The molecule has 0 fully saturated rings. The van der Waals surface area contributed by atoms with Gasteiger partial charge in [0, 0.05) is 11.8 Å². The molecule has 1 aromatic rings. The Morgan fingerprint density at radius 3 is 2.68 bits per heavy atom. The minimum atomic E-state index is 0.205. The zero-order valence-corrected chi connectivity index (χ0v) is 13.0. The molecule has 0 bridgehead atoms. The topological polar surface area (TPSA) is 44.5 Å². The van der Waals surface area contributed by atoms with Gasteiger partial charge in [-0.15, -0.1) is 0 Å². The van der Waals surface area contributed by atoms with E-state index in [2.05, 4.69) is 19.9 Å². The lowest BCUT2D eigenvalue weighted by molar-refractivity contribution is 0.313. The van der Waals surface area contributed by atoms with Crippen LogP contribution >= 0.6 is 11.8 Å². The van der Waals surface area contributed by atoms with E-state index < -0.39 is 0 Å². The van der Waals surface area contributed by atoms with Crippen molar-refractivity contribution in [2.24, 2.45) is 5.73 Å². The van der Waals surface area contributed by atoms with Gasteiger partial charge in [0.15, 0.2) is 11.5 Å². The van der Waals surface area contributed by atoms with Crippen LogP contribution in [-0.4, -0.2) is 31.3 Å². The van der Waals surface area contributed by atoms with Gasteiger partial charge in [-0.1, -0.05) is 19.9 Å². The van der Waals surface area contributed by atoms with Crippen molar-refractivity contribution in [1.82, 2.24) is 0 Å². The van der Waals surface area contributed by atoms with E-state index in [1.807, 2.05) is 23.9 Å². The molecular weight excluding hydrogens is 258 g/mol. The maximum Gasteiger partial charge on any atom is 0.161 e. The van der Waals surface area contributed by atoms with Gasteiger partial charge in [0.05, 0.1) is 13.7 Å². The minimum Gasteiger partial charge on any atom is -0.493 e. The Bertz CT molecular complexity index is 371. The fourth-order valence-corrected chi connectivity index (χ4v) is 2.25. The predicted molar refractivity (Wildman–Crippen MR) is 83.5 cm³/mol. The number of rotatable bonds is 9. The van der Waals surface area contributed by atoms with Crippen molar-refractivity contribution >= 4 is 11.8 Å². The van der Waals surface area contributed by atoms with Crippen LogP contribution < -0.4 is 15.2 Å². The van der Waals surface area contributed by atoms with Crippen LogP contribution in [0.3, 0.4) is 0 Å². The van der Waals surface area contributed by atoms with E-state index >= 15 is 0 Å². The largest absolute Gasteiger partial charge is 0.493 e. The molecule has 3 nitrogen and oxygen atoms in total. The number of hydrogen-bond acceptors (Lipinski definition) is 4. The highest BCUT2D eigenvalue weighted by Gasteiger charge is 2.08. The lowest BCUT2D eigenvalue weighted by Crippen LogP contribution is -2.21. The number of ether oxygens (including phenoxy) is 2. The molecule has 0 aliphatic rings. The zero-order valence-electron chi connectivity index (χ0n) is 12.1. The summed E-state index contributed by atoms with van der Waals surface area (Å²) < 4.78 is 11.1. The SMILES string of the molecule is CCSCCOc1cc(CC(N)CC)ccc1OC. The first kappa shape index (κ1) is 16.2. The normalized spacial score (nSPS) is 12.2. The third kappa shape index (κ3) is 5.74. The Morgan fingerprint density at radius 1 is 1.26 bits per heavy atom. The van der Waals surface area contributed by atoms with Gasteiger partial charge in [0.25, 0.3) is 0 Å². The molecule has 0 saturated carbocycles. The second-order valence-electron chi connectivity index (χ2n) is 4.40. The first-order valence-electron chi connectivity index (χ1n) is 6.84. The molecule has 1 atom stereocenters. The van der Waals surface area contributed by atoms with Crippen molar-refractivity contribution in [2.75, 3.05) is 25.2 Å². The van der Waals surface area contributed by atoms with Crippen LogP contribution in [0.1, 0.15) is 25.8 Å². The quantitative estimate of drug-likeness (QED) is 0.707. The van der Waals surface area contributed by atoms with Crippen molar-refractivity contribution in [3.63, 3.8) is 0 Å². The third-order valence-electron chi connectivity index (χ3n) is 2.94. The second-order valence-corrected chi connectivity index (χ2v) is 5.80. The minimum absolute atomic E-state index is 0.205. The van der Waals surface area contributed by atoms with Gasteiger partial charge in [0.2, 0.25) is 0 Å². The molecule has 0 radical (unpaired) electrons. The van der Waals surface area contributed by atoms with Crippen LogP contribution in [0.5, 0.6) is 11.5 Å². The summed E-state index contributed by atoms with van der Waals surface area (Å²) in [7, 11) is 1.67. The molecule has 1 rings (SSSR count). The molecule has 0 saturated heterocycles. The monoisotopic (exact) mass is 283 g/mol. The highest BCUT2D eigenvalue weighted by Crippen LogP contribution is 2.28. The van der Waals surface area contributed by atoms with Gasteiger partial charge in [-0.3, -0.25) is 0 Å². The van der Waals surface area contributed by atoms with Crippen LogP contribution in [0, 0.1) is 0 Å². The summed E-state index contributed by atoms with van der Waals surface area (Å²) >= 11 is 1.87. The Balaban J connectivity index is 2.66. The number of nitrogens with two attached hydrogens (primary N) is 1. The van der Waals surface area contributed by atoms with Gasteiger partial charge >= 0.3 is 0 Å². The van der Waals surface area contributed by atoms with Crippen LogP contribution in [0.15, 0.2) is 18.2 Å². The van der Waals surface area contributed by atoms with Crippen molar-refractivity contribution < 1.29 is 9.47 Å². The van der Waals surface area contributed by atoms with Crippen LogP contribution in [0.4, 0.5) is 0 Å². The molecule has 2 N–H and O–H groups in total. The summed E-state index contributed by atoms with van der Waals surface area (Å²) in [5.74, 6) is 3.72. The van der Waals surface area contributed by atoms with E-state index in [1.165, 1.54) is 5.56 Å². The lowest BCUT2D eigenvalue weighted by atomic mass is 10.0. The van der Waals surface area contributed by atoms with E-state index in [0.717, 1.165) is 35.8 Å². The molecule has 19 heavy (non-hydrogen) atoms. The molecule has 1 aromatic carbocycles. The summed E-state index contributed by atoms with van der Waals surface area (Å²) in [6, 6.07) is 6.27. The van der Waals surface area contributed by atoms with Crippen molar-refractivity contribution in [3.8, 4) is 11.5 Å². The molecule has 0 aliphatic carbocycles. The van der Waals surface area contributed by atoms with Crippen molar-refractivity contribution in [3.05, 3.63) is 23.8 Å². The van der Waals surface area contributed by atoms with Crippen molar-refractivity contribution in [2.45, 2.75) is 32.7 Å². The number of methoxy groups -OCH3 is 1. The number of hydrogen-bond donors (Lipinski definition) is 1. The molecule has 0 heterocycles. The maximum absolute atomic E-state index is 5.99. The van der Waals surface area contributed by atoms with Gasteiger partial charge in [-0.2, -0.15) is 11.8 Å². The molecule has 4 heteroatoms. The average molecular weight is 283 g/mol. The Labute approximate surface area is 120 Å². The highest BCUT2D eigenvalue weighted by molar-refractivity contribution is 7.99. The van der Waals surface area contributed by atoms with Crippen LogP contribution in [0.25, 0.3) is 0 Å². The highest BCUT2D eigenvalue weighted by atomic mass is 32.2. The van der Waals surface area contributed by atoms with Gasteiger partial charge in [0.1, 0.15) is 0 Å². The van der Waals surface area contributed by atoms with Gasteiger partial charge in [-0.25, -0.2) is 0 Å². The predicted octanol–water partition coefficient (Wildman–Crippen LogP) is 3.11. The molecule has 0 aromatic heterocycles. The Hall–Kier alpha value is -0.870. The molecular formula is C15H25NO2S. The molecule has 108 valence electrons. The maximum atomic E-state index is 5.99. The first-order valence-corrected chi connectivity index (χ1v) is 7.99. The standard InChI is InChI=1S/C15H25NO2S/c1-4-13(16)10-12-6-7-14(17-3)15(11-12)18-8-9-19-5-2/h6-7,11,13H,4-5,8-10,16H2,1-3H3. The molecule has 1 unspecified atom stereocenters. The summed E-state index contributed by atoms with van der Waals surface area (Å²) in [6.07, 6.45) is 1.86. The Morgan fingerprint density at radius 2 is 2.05 bits per heavy atom. The van der Waals surface area contributed by atoms with Crippen LogP contribution in [-0.2, 0) is 6.42 Å². The second kappa shape index (κ2) is 9.10. The number of benzene rings is 1. The number of thioether (sulfide) groups is 1. The van der Waals surface area contributed by atoms with Crippen LogP contribution in [0.2, 0.25) is 0 Å². The summed E-state index contributed by atoms with van der Waals surface area (Å²) in [5, 5.41) is 0. The first-order chi connectivity index (χ1) is 9.21. The fraction of sp³-hybridized carbons (Fsp3) is 0.600. The van der Waals surface area contributed by atoms with Crippen molar-refractivity contribution in [1.29, 1.82) is 0 Å². The van der Waals surface area contributed by atoms with Gasteiger partial charge < -0.3 is 15.2 Å². The van der Waals surface area contributed by atoms with E-state index in [0.29, 0.717) is 6.61 Å². The van der Waals surface area contributed by atoms with E-state index in [-0.39, 0.29) is 6.04 Å². The molecule has 0 aliphatic heterocycles. The smallest absolute Gasteiger partial charge is 0.161 e. The molecule has 0 amide bonds. The zero-order chi connectivity index (χ0) is 14.1.